The lowest BCUT2D eigenvalue weighted by Crippen LogP contribution is -2.28. The molecule has 0 saturated heterocycles. The number of rotatable bonds is 4. The zero-order valence-electron chi connectivity index (χ0n) is 17.3. The van der Waals surface area contributed by atoms with Gasteiger partial charge < -0.3 is 10.1 Å². The molecule has 1 N–H and O–H groups in total. The van der Waals surface area contributed by atoms with Gasteiger partial charge in [0, 0.05) is 17.0 Å². The van der Waals surface area contributed by atoms with E-state index >= 15 is 0 Å². The van der Waals surface area contributed by atoms with Crippen LogP contribution in [0.2, 0.25) is 0 Å². The Balaban J connectivity index is 1.95. The molecule has 1 atom stereocenters. The fourth-order valence-electron chi connectivity index (χ4n) is 3.88. The number of nitriles is 1. The SMILES string of the molecule is CCOC(=O)C1=C(C)NC(C)=C(C#N)C1c1cccc2nc(-c3ccccc3F)sc12. The Morgan fingerprint density at radius 3 is 2.71 bits per heavy atom. The topological polar surface area (TPSA) is 75.0 Å². The van der Waals surface area contributed by atoms with Gasteiger partial charge in [0.1, 0.15) is 10.8 Å². The molecule has 0 radical (unpaired) electrons. The standard InChI is InChI=1S/C24H20FN3O2S/c1-4-30-24(29)20-14(3)27-13(2)17(12-26)21(20)16-9-7-11-19-22(16)31-23(28-19)15-8-5-6-10-18(15)25/h5-11,21,27H,4H2,1-3H3. The lowest BCUT2D eigenvalue weighted by atomic mass is 9.81. The second kappa shape index (κ2) is 8.32. The summed E-state index contributed by atoms with van der Waals surface area (Å²) in [5, 5.41) is 13.6. The van der Waals surface area contributed by atoms with Crippen molar-refractivity contribution < 1.29 is 13.9 Å². The number of carbonyl (C=O) groups excluding carboxylic acids is 1. The molecule has 3 aromatic rings. The van der Waals surface area contributed by atoms with E-state index in [1.54, 1.807) is 32.0 Å². The second-order valence-electron chi connectivity index (χ2n) is 7.16. The van der Waals surface area contributed by atoms with Gasteiger partial charge in [0.05, 0.1) is 40.0 Å². The highest BCUT2D eigenvalue weighted by molar-refractivity contribution is 7.21. The third kappa shape index (κ3) is 3.60. The molecule has 0 aliphatic carbocycles. The molecule has 1 aliphatic rings. The average Bonchev–Trinajstić information content (AvgIpc) is 3.18. The molecule has 2 heterocycles. The Morgan fingerprint density at radius 1 is 1.23 bits per heavy atom. The Labute approximate surface area is 183 Å². The van der Waals surface area contributed by atoms with Crippen molar-refractivity contribution in [1.29, 1.82) is 5.26 Å². The number of nitrogens with one attached hydrogen (secondary N) is 1. The summed E-state index contributed by atoms with van der Waals surface area (Å²) in [5.41, 5.74) is 4.07. The van der Waals surface area contributed by atoms with E-state index in [2.05, 4.69) is 16.4 Å². The highest BCUT2D eigenvalue weighted by atomic mass is 32.1. The van der Waals surface area contributed by atoms with Crippen LogP contribution in [-0.4, -0.2) is 17.6 Å². The van der Waals surface area contributed by atoms with Crippen molar-refractivity contribution in [3.8, 4) is 16.6 Å². The number of aromatic nitrogens is 1. The van der Waals surface area contributed by atoms with Crippen molar-refractivity contribution >= 4 is 27.5 Å². The lowest BCUT2D eigenvalue weighted by molar-refractivity contribution is -0.138. The Bertz CT molecular complexity index is 1300. The molecule has 0 saturated carbocycles. The summed E-state index contributed by atoms with van der Waals surface area (Å²) in [5.74, 6) is -1.40. The van der Waals surface area contributed by atoms with Crippen LogP contribution in [-0.2, 0) is 9.53 Å². The maximum Gasteiger partial charge on any atom is 0.336 e. The van der Waals surface area contributed by atoms with Gasteiger partial charge in [0.25, 0.3) is 0 Å². The molecule has 0 spiro atoms. The van der Waals surface area contributed by atoms with Crippen LogP contribution in [0, 0.1) is 17.1 Å². The molecule has 4 rings (SSSR count). The van der Waals surface area contributed by atoms with Gasteiger partial charge in [-0.3, -0.25) is 0 Å². The fraction of sp³-hybridized carbons (Fsp3) is 0.208. The molecule has 2 aromatic carbocycles. The minimum atomic E-state index is -0.595. The van der Waals surface area contributed by atoms with Gasteiger partial charge in [0.2, 0.25) is 0 Å². The van der Waals surface area contributed by atoms with Gasteiger partial charge in [-0.05, 0) is 44.5 Å². The Kier molecular flexibility index (Phi) is 5.57. The van der Waals surface area contributed by atoms with E-state index in [0.29, 0.717) is 38.6 Å². The first-order valence-corrected chi connectivity index (χ1v) is 10.7. The van der Waals surface area contributed by atoms with Crippen molar-refractivity contribution in [2.75, 3.05) is 6.61 Å². The third-order valence-electron chi connectivity index (χ3n) is 5.24. The van der Waals surface area contributed by atoms with Crippen LogP contribution in [0.5, 0.6) is 0 Å². The van der Waals surface area contributed by atoms with Crippen LogP contribution in [0.1, 0.15) is 32.3 Å². The maximum atomic E-state index is 14.4. The van der Waals surface area contributed by atoms with Crippen LogP contribution in [0.4, 0.5) is 4.39 Å². The van der Waals surface area contributed by atoms with Crippen molar-refractivity contribution in [2.24, 2.45) is 0 Å². The number of hydrogen-bond donors (Lipinski definition) is 1. The van der Waals surface area contributed by atoms with Gasteiger partial charge in [-0.15, -0.1) is 11.3 Å². The summed E-state index contributed by atoms with van der Waals surface area (Å²) >= 11 is 1.35. The molecule has 5 nitrogen and oxygen atoms in total. The van der Waals surface area contributed by atoms with Gasteiger partial charge in [0.15, 0.2) is 0 Å². The van der Waals surface area contributed by atoms with Crippen LogP contribution in [0.3, 0.4) is 0 Å². The van der Waals surface area contributed by atoms with Crippen LogP contribution in [0.15, 0.2) is 65.0 Å². The Morgan fingerprint density at radius 2 is 2.00 bits per heavy atom. The number of hydrogen-bond acceptors (Lipinski definition) is 6. The number of ether oxygens (including phenoxy) is 1. The van der Waals surface area contributed by atoms with E-state index < -0.39 is 11.9 Å². The molecular formula is C24H20FN3O2S. The largest absolute Gasteiger partial charge is 0.463 e. The van der Waals surface area contributed by atoms with E-state index in [-0.39, 0.29) is 12.4 Å². The van der Waals surface area contributed by atoms with Crippen molar-refractivity contribution in [3.05, 3.63) is 76.4 Å². The van der Waals surface area contributed by atoms with Gasteiger partial charge in [-0.2, -0.15) is 5.26 Å². The molecule has 0 bridgehead atoms. The molecule has 0 amide bonds. The smallest absolute Gasteiger partial charge is 0.336 e. The summed E-state index contributed by atoms with van der Waals surface area (Å²) in [7, 11) is 0. The molecule has 31 heavy (non-hydrogen) atoms. The second-order valence-corrected chi connectivity index (χ2v) is 8.16. The third-order valence-corrected chi connectivity index (χ3v) is 6.39. The first kappa shape index (κ1) is 20.8. The molecule has 1 aromatic heterocycles. The summed E-state index contributed by atoms with van der Waals surface area (Å²) in [6.07, 6.45) is 0. The van der Waals surface area contributed by atoms with Crippen LogP contribution >= 0.6 is 11.3 Å². The number of thiazole rings is 1. The summed E-state index contributed by atoms with van der Waals surface area (Å²) in [6.45, 7) is 5.59. The number of allylic oxidation sites excluding steroid dienone is 3. The summed E-state index contributed by atoms with van der Waals surface area (Å²) < 4.78 is 20.5. The number of nitrogens with zero attached hydrogens (tertiary/aromatic N) is 2. The highest BCUT2D eigenvalue weighted by Crippen LogP contribution is 2.43. The Hall–Kier alpha value is -3.50. The number of fused-ring (bicyclic) bond motifs is 1. The quantitative estimate of drug-likeness (QED) is 0.556. The minimum absolute atomic E-state index is 0.231. The number of benzene rings is 2. The zero-order valence-corrected chi connectivity index (χ0v) is 18.1. The number of esters is 1. The van der Waals surface area contributed by atoms with Crippen LogP contribution < -0.4 is 5.32 Å². The monoisotopic (exact) mass is 433 g/mol. The molecule has 1 unspecified atom stereocenters. The zero-order chi connectivity index (χ0) is 22.1. The van der Waals surface area contributed by atoms with Gasteiger partial charge in [-0.1, -0.05) is 24.3 Å². The summed E-state index contributed by atoms with van der Waals surface area (Å²) in [4.78, 5) is 17.5. The first-order chi connectivity index (χ1) is 15.0. The number of dihydropyridines is 1. The maximum absolute atomic E-state index is 14.4. The van der Waals surface area contributed by atoms with E-state index in [1.165, 1.54) is 17.4 Å². The van der Waals surface area contributed by atoms with E-state index in [0.717, 1.165) is 10.3 Å². The predicted octanol–water partition coefficient (Wildman–Crippen LogP) is 5.42. The number of halogens is 1. The van der Waals surface area contributed by atoms with Crippen molar-refractivity contribution in [3.63, 3.8) is 0 Å². The minimum Gasteiger partial charge on any atom is -0.463 e. The van der Waals surface area contributed by atoms with E-state index in [9.17, 15) is 14.4 Å². The van der Waals surface area contributed by atoms with Crippen molar-refractivity contribution in [2.45, 2.75) is 26.7 Å². The predicted molar refractivity (Wildman–Crippen MR) is 119 cm³/mol. The molecule has 0 fully saturated rings. The first-order valence-electron chi connectivity index (χ1n) is 9.86. The lowest BCUT2D eigenvalue weighted by Gasteiger charge is -2.28. The molecule has 1 aliphatic heterocycles. The van der Waals surface area contributed by atoms with Crippen LogP contribution in [0.25, 0.3) is 20.8 Å². The summed E-state index contributed by atoms with van der Waals surface area (Å²) in [6, 6.07) is 14.3. The average molecular weight is 434 g/mol. The molecule has 156 valence electrons. The highest BCUT2D eigenvalue weighted by Gasteiger charge is 2.35. The molecule has 7 heteroatoms. The van der Waals surface area contributed by atoms with E-state index in [1.807, 2.05) is 25.1 Å². The van der Waals surface area contributed by atoms with E-state index in [4.69, 9.17) is 4.74 Å². The van der Waals surface area contributed by atoms with Gasteiger partial charge >= 0.3 is 5.97 Å². The van der Waals surface area contributed by atoms with Gasteiger partial charge in [-0.25, -0.2) is 14.2 Å². The fourth-order valence-corrected chi connectivity index (χ4v) is 5.01. The normalized spacial score (nSPS) is 16.3. The molecular weight excluding hydrogens is 413 g/mol. The van der Waals surface area contributed by atoms with Crippen molar-refractivity contribution in [1.82, 2.24) is 10.3 Å². The number of carbonyl (C=O) groups is 1.